The molecule has 0 aliphatic carbocycles. The summed E-state index contributed by atoms with van der Waals surface area (Å²) in [6.45, 7) is 4.39. The van der Waals surface area contributed by atoms with Crippen molar-refractivity contribution in [1.82, 2.24) is 25.3 Å². The number of aromatic amines is 1. The molecule has 20 heavy (non-hydrogen) atoms. The first kappa shape index (κ1) is 14.0. The molecule has 0 unspecified atom stereocenters. The molecule has 2 rings (SSSR count). The first-order chi connectivity index (χ1) is 9.58. The molecule has 0 saturated heterocycles. The predicted molar refractivity (Wildman–Crippen MR) is 75.2 cm³/mol. The van der Waals surface area contributed by atoms with Gasteiger partial charge in [-0.1, -0.05) is 13.8 Å². The fourth-order valence-corrected chi connectivity index (χ4v) is 1.68. The van der Waals surface area contributed by atoms with Crippen LogP contribution in [0.3, 0.4) is 0 Å². The van der Waals surface area contributed by atoms with Crippen LogP contribution in [0.5, 0.6) is 0 Å². The first-order valence-electron chi connectivity index (χ1n) is 6.46. The number of imidazole rings is 1. The third kappa shape index (κ3) is 3.31. The lowest BCUT2D eigenvalue weighted by atomic mass is 10.2. The number of rotatable bonds is 5. The minimum Gasteiger partial charge on any atom is -0.396 e. The maximum Gasteiger partial charge on any atom is 0.272 e. The molecular weight excluding hydrogens is 256 g/mol. The Kier molecular flexibility index (Phi) is 4.29. The Morgan fingerprint density at radius 3 is 2.90 bits per heavy atom. The highest BCUT2D eigenvalue weighted by atomic mass is 16.1. The molecule has 2 heterocycles. The molecule has 106 valence electrons. The van der Waals surface area contributed by atoms with E-state index < -0.39 is 0 Å². The Morgan fingerprint density at radius 1 is 1.45 bits per heavy atom. The second-order valence-electron chi connectivity index (χ2n) is 4.73. The average Bonchev–Trinajstić information content (AvgIpc) is 2.92. The number of aromatic nitrogens is 4. The van der Waals surface area contributed by atoms with Crippen molar-refractivity contribution >= 4 is 11.6 Å². The minimum absolute atomic E-state index is 0.144. The van der Waals surface area contributed by atoms with Gasteiger partial charge in [0, 0.05) is 31.3 Å². The van der Waals surface area contributed by atoms with Gasteiger partial charge in [0.15, 0.2) is 5.69 Å². The number of carbonyl (C=O) groups excluding carboxylic acids is 1. The lowest BCUT2D eigenvalue weighted by molar-refractivity contribution is 0.0949. The van der Waals surface area contributed by atoms with Crippen molar-refractivity contribution in [2.24, 2.45) is 0 Å². The SMILES string of the molecule is CC(C)c1ncc(N)c(C(=O)NCCc2ncc[nH]2)n1. The molecule has 2 aromatic heterocycles. The number of carbonyl (C=O) groups is 1. The van der Waals surface area contributed by atoms with E-state index in [-0.39, 0.29) is 23.2 Å². The highest BCUT2D eigenvalue weighted by Crippen LogP contribution is 2.13. The van der Waals surface area contributed by atoms with Gasteiger partial charge in [-0.2, -0.15) is 0 Å². The van der Waals surface area contributed by atoms with Crippen molar-refractivity contribution in [2.75, 3.05) is 12.3 Å². The Hall–Kier alpha value is -2.44. The summed E-state index contributed by atoms with van der Waals surface area (Å²) in [6, 6.07) is 0. The molecule has 0 aromatic carbocycles. The smallest absolute Gasteiger partial charge is 0.272 e. The quantitative estimate of drug-likeness (QED) is 0.749. The molecule has 0 fully saturated rings. The van der Waals surface area contributed by atoms with E-state index in [0.717, 1.165) is 5.82 Å². The van der Waals surface area contributed by atoms with E-state index in [2.05, 4.69) is 25.3 Å². The highest BCUT2D eigenvalue weighted by Gasteiger charge is 2.14. The van der Waals surface area contributed by atoms with Crippen LogP contribution in [0, 0.1) is 0 Å². The Bertz CT molecular complexity index is 579. The summed E-state index contributed by atoms with van der Waals surface area (Å²) in [5, 5.41) is 2.77. The number of nitrogens with two attached hydrogens (primary N) is 1. The number of amides is 1. The van der Waals surface area contributed by atoms with Gasteiger partial charge in [-0.15, -0.1) is 0 Å². The van der Waals surface area contributed by atoms with Gasteiger partial charge in [-0.05, 0) is 0 Å². The predicted octanol–water partition coefficient (Wildman–Crippen LogP) is 0.878. The van der Waals surface area contributed by atoms with E-state index in [9.17, 15) is 4.79 Å². The lowest BCUT2D eigenvalue weighted by Gasteiger charge is -2.09. The topological polar surface area (TPSA) is 110 Å². The molecule has 0 atom stereocenters. The average molecular weight is 274 g/mol. The summed E-state index contributed by atoms with van der Waals surface area (Å²) < 4.78 is 0. The maximum absolute atomic E-state index is 12.1. The summed E-state index contributed by atoms with van der Waals surface area (Å²) >= 11 is 0. The second kappa shape index (κ2) is 6.14. The summed E-state index contributed by atoms with van der Waals surface area (Å²) in [4.78, 5) is 27.4. The van der Waals surface area contributed by atoms with Crippen molar-refractivity contribution in [3.05, 3.63) is 35.9 Å². The van der Waals surface area contributed by atoms with E-state index in [1.165, 1.54) is 6.20 Å². The van der Waals surface area contributed by atoms with E-state index in [0.29, 0.717) is 18.8 Å². The van der Waals surface area contributed by atoms with E-state index in [4.69, 9.17) is 5.73 Å². The van der Waals surface area contributed by atoms with Gasteiger partial charge in [0.25, 0.3) is 5.91 Å². The molecule has 0 spiro atoms. The summed E-state index contributed by atoms with van der Waals surface area (Å²) in [6.07, 6.45) is 5.52. The number of H-pyrrole nitrogens is 1. The summed E-state index contributed by atoms with van der Waals surface area (Å²) in [7, 11) is 0. The van der Waals surface area contributed by atoms with Gasteiger partial charge in [0.05, 0.1) is 11.9 Å². The Morgan fingerprint density at radius 2 is 2.25 bits per heavy atom. The van der Waals surface area contributed by atoms with Crippen molar-refractivity contribution in [1.29, 1.82) is 0 Å². The van der Waals surface area contributed by atoms with Crippen molar-refractivity contribution < 1.29 is 4.79 Å². The normalized spacial score (nSPS) is 10.8. The monoisotopic (exact) mass is 274 g/mol. The lowest BCUT2D eigenvalue weighted by Crippen LogP contribution is -2.28. The van der Waals surface area contributed by atoms with Crippen LogP contribution in [0.25, 0.3) is 0 Å². The van der Waals surface area contributed by atoms with Crippen LogP contribution < -0.4 is 11.1 Å². The molecule has 2 aromatic rings. The number of nitrogens with one attached hydrogen (secondary N) is 2. The van der Waals surface area contributed by atoms with Crippen LogP contribution in [-0.2, 0) is 6.42 Å². The molecule has 0 saturated carbocycles. The maximum atomic E-state index is 12.1. The second-order valence-corrected chi connectivity index (χ2v) is 4.73. The van der Waals surface area contributed by atoms with Gasteiger partial charge in [0.2, 0.25) is 0 Å². The van der Waals surface area contributed by atoms with Crippen LogP contribution in [0.2, 0.25) is 0 Å². The number of nitrogen functional groups attached to an aromatic ring is 1. The van der Waals surface area contributed by atoms with Crippen LogP contribution in [0.4, 0.5) is 5.69 Å². The van der Waals surface area contributed by atoms with Crippen molar-refractivity contribution in [3.63, 3.8) is 0 Å². The first-order valence-corrected chi connectivity index (χ1v) is 6.46. The van der Waals surface area contributed by atoms with Crippen LogP contribution >= 0.6 is 0 Å². The van der Waals surface area contributed by atoms with Crippen LogP contribution in [0.15, 0.2) is 18.6 Å². The highest BCUT2D eigenvalue weighted by molar-refractivity contribution is 5.96. The molecule has 7 nitrogen and oxygen atoms in total. The fraction of sp³-hybridized carbons (Fsp3) is 0.385. The molecule has 0 bridgehead atoms. The van der Waals surface area contributed by atoms with Gasteiger partial charge in [-0.3, -0.25) is 4.79 Å². The van der Waals surface area contributed by atoms with Crippen LogP contribution in [0.1, 0.15) is 41.9 Å². The van der Waals surface area contributed by atoms with Gasteiger partial charge < -0.3 is 16.0 Å². The third-order valence-electron chi connectivity index (χ3n) is 2.77. The van der Waals surface area contributed by atoms with E-state index >= 15 is 0 Å². The molecule has 0 aliphatic rings. The Balaban J connectivity index is 1.99. The fourth-order valence-electron chi connectivity index (χ4n) is 1.68. The standard InChI is InChI=1S/C13H18N6O/c1-8(2)12-18-7-9(14)11(19-12)13(20)17-4-3-10-15-5-6-16-10/h5-8H,3-4,14H2,1-2H3,(H,15,16)(H,17,20). The molecular formula is C13H18N6O. The number of anilines is 1. The number of hydrogen-bond acceptors (Lipinski definition) is 5. The van der Waals surface area contributed by atoms with Crippen LogP contribution in [-0.4, -0.2) is 32.4 Å². The third-order valence-corrected chi connectivity index (χ3v) is 2.77. The van der Waals surface area contributed by atoms with E-state index in [1.807, 2.05) is 13.8 Å². The van der Waals surface area contributed by atoms with Gasteiger partial charge >= 0.3 is 0 Å². The molecule has 7 heteroatoms. The molecule has 0 radical (unpaired) electrons. The zero-order valence-electron chi connectivity index (χ0n) is 11.6. The van der Waals surface area contributed by atoms with E-state index in [1.54, 1.807) is 12.4 Å². The minimum atomic E-state index is -0.293. The summed E-state index contributed by atoms with van der Waals surface area (Å²) in [5.74, 6) is 1.28. The Labute approximate surface area is 117 Å². The van der Waals surface area contributed by atoms with Gasteiger partial charge in [-0.25, -0.2) is 15.0 Å². The summed E-state index contributed by atoms with van der Waals surface area (Å²) in [5.41, 5.74) is 6.26. The largest absolute Gasteiger partial charge is 0.396 e. The number of hydrogen-bond donors (Lipinski definition) is 3. The molecule has 4 N–H and O–H groups in total. The van der Waals surface area contributed by atoms with Gasteiger partial charge in [0.1, 0.15) is 11.6 Å². The molecule has 0 aliphatic heterocycles. The van der Waals surface area contributed by atoms with Crippen molar-refractivity contribution in [2.45, 2.75) is 26.2 Å². The van der Waals surface area contributed by atoms with Crippen molar-refractivity contribution in [3.8, 4) is 0 Å². The number of nitrogens with zero attached hydrogens (tertiary/aromatic N) is 3. The zero-order valence-corrected chi connectivity index (χ0v) is 11.6. The molecule has 1 amide bonds. The zero-order chi connectivity index (χ0) is 14.5.